The van der Waals surface area contributed by atoms with Crippen LogP contribution in [0.2, 0.25) is 0 Å². The van der Waals surface area contributed by atoms with Crippen LogP contribution >= 0.6 is 27.3 Å². The van der Waals surface area contributed by atoms with Crippen molar-refractivity contribution in [3.05, 3.63) is 55.9 Å². The Morgan fingerprint density at radius 3 is 2.71 bits per heavy atom. The van der Waals surface area contributed by atoms with Gasteiger partial charge in [0.05, 0.1) is 3.79 Å². The van der Waals surface area contributed by atoms with Crippen molar-refractivity contribution in [2.45, 2.75) is 19.4 Å². The Kier molecular flexibility index (Phi) is 3.97. The lowest BCUT2D eigenvalue weighted by Gasteiger charge is -2.11. The van der Waals surface area contributed by atoms with E-state index in [1.165, 1.54) is 10.9 Å². The molecular formula is C13H13BrFNS. The van der Waals surface area contributed by atoms with E-state index in [0.29, 0.717) is 5.56 Å². The highest BCUT2D eigenvalue weighted by Gasteiger charge is 2.10. The lowest BCUT2D eigenvalue weighted by atomic mass is 10.0. The molecule has 90 valence electrons. The summed E-state index contributed by atoms with van der Waals surface area (Å²) in [6, 6.07) is 9.08. The van der Waals surface area contributed by atoms with Gasteiger partial charge in [0.1, 0.15) is 5.82 Å². The minimum absolute atomic E-state index is 0.157. The van der Waals surface area contributed by atoms with Crippen LogP contribution in [0.25, 0.3) is 0 Å². The van der Waals surface area contributed by atoms with Crippen LogP contribution in [0.3, 0.4) is 0 Å². The van der Waals surface area contributed by atoms with Crippen molar-refractivity contribution in [3.63, 3.8) is 0 Å². The van der Waals surface area contributed by atoms with Crippen LogP contribution in [0.4, 0.5) is 4.39 Å². The molecule has 0 aliphatic rings. The third kappa shape index (κ3) is 3.15. The van der Waals surface area contributed by atoms with Crippen molar-refractivity contribution < 1.29 is 4.39 Å². The number of benzene rings is 1. The highest BCUT2D eigenvalue weighted by Crippen LogP contribution is 2.26. The predicted octanol–water partition coefficient (Wildman–Crippen LogP) is 4.20. The molecule has 17 heavy (non-hydrogen) atoms. The first kappa shape index (κ1) is 12.7. The number of rotatable bonds is 3. The summed E-state index contributed by atoms with van der Waals surface area (Å²) < 4.78 is 14.5. The van der Waals surface area contributed by atoms with Gasteiger partial charge in [-0.05, 0) is 52.2 Å². The van der Waals surface area contributed by atoms with E-state index in [-0.39, 0.29) is 11.9 Å². The van der Waals surface area contributed by atoms with E-state index in [1.54, 1.807) is 24.3 Å². The Labute approximate surface area is 113 Å². The molecule has 1 aromatic carbocycles. The van der Waals surface area contributed by atoms with Crippen LogP contribution in [-0.4, -0.2) is 0 Å². The van der Waals surface area contributed by atoms with E-state index in [4.69, 9.17) is 5.73 Å². The van der Waals surface area contributed by atoms with E-state index in [1.807, 2.05) is 18.2 Å². The lowest BCUT2D eigenvalue weighted by Crippen LogP contribution is -2.13. The molecule has 2 rings (SSSR count). The minimum atomic E-state index is -0.190. The standard InChI is InChI=1S/C13H13BrFNS/c1-8-2-3-9(6-11(8)15)12(16)7-10-4-5-13(14)17-10/h2-6,12H,7,16H2,1H3. The molecular weight excluding hydrogens is 301 g/mol. The first-order valence-electron chi connectivity index (χ1n) is 5.32. The summed E-state index contributed by atoms with van der Waals surface area (Å²) in [6.45, 7) is 1.75. The van der Waals surface area contributed by atoms with Crippen molar-refractivity contribution in [2.75, 3.05) is 0 Å². The van der Waals surface area contributed by atoms with Crippen LogP contribution < -0.4 is 5.73 Å². The molecule has 0 amide bonds. The molecule has 0 aliphatic carbocycles. The quantitative estimate of drug-likeness (QED) is 0.903. The van der Waals surface area contributed by atoms with Gasteiger partial charge in [0, 0.05) is 17.3 Å². The summed E-state index contributed by atoms with van der Waals surface area (Å²) >= 11 is 5.08. The van der Waals surface area contributed by atoms with Gasteiger partial charge in [0.25, 0.3) is 0 Å². The Hall–Kier alpha value is -0.710. The Balaban J connectivity index is 2.14. The van der Waals surface area contributed by atoms with Crippen molar-refractivity contribution in [1.29, 1.82) is 0 Å². The number of hydrogen-bond acceptors (Lipinski definition) is 2. The average Bonchev–Trinajstić information content (AvgIpc) is 2.68. The van der Waals surface area contributed by atoms with Gasteiger partial charge < -0.3 is 5.73 Å². The molecule has 0 spiro atoms. The minimum Gasteiger partial charge on any atom is -0.324 e. The maximum atomic E-state index is 13.4. The third-order valence-corrected chi connectivity index (χ3v) is 4.32. The fourth-order valence-electron chi connectivity index (χ4n) is 1.64. The zero-order chi connectivity index (χ0) is 12.4. The second-order valence-corrected chi connectivity index (χ2v) is 6.57. The topological polar surface area (TPSA) is 26.0 Å². The van der Waals surface area contributed by atoms with Crippen LogP contribution in [0.5, 0.6) is 0 Å². The first-order chi connectivity index (χ1) is 8.06. The monoisotopic (exact) mass is 313 g/mol. The molecule has 0 saturated carbocycles. The number of nitrogens with two attached hydrogens (primary N) is 1. The Morgan fingerprint density at radius 2 is 2.12 bits per heavy atom. The van der Waals surface area contributed by atoms with Crippen LogP contribution in [0.15, 0.2) is 34.1 Å². The van der Waals surface area contributed by atoms with Gasteiger partial charge in [-0.25, -0.2) is 4.39 Å². The number of thiophene rings is 1. The van der Waals surface area contributed by atoms with E-state index in [9.17, 15) is 4.39 Å². The predicted molar refractivity (Wildman–Crippen MR) is 73.8 cm³/mol. The summed E-state index contributed by atoms with van der Waals surface area (Å²) in [6.07, 6.45) is 0.735. The Morgan fingerprint density at radius 1 is 1.35 bits per heavy atom. The number of halogens is 2. The number of hydrogen-bond donors (Lipinski definition) is 1. The van der Waals surface area contributed by atoms with Crippen LogP contribution in [0, 0.1) is 12.7 Å². The largest absolute Gasteiger partial charge is 0.324 e. The average molecular weight is 314 g/mol. The highest BCUT2D eigenvalue weighted by molar-refractivity contribution is 9.11. The van der Waals surface area contributed by atoms with E-state index in [0.717, 1.165) is 15.8 Å². The molecule has 2 aromatic rings. The zero-order valence-corrected chi connectivity index (χ0v) is 11.8. The summed E-state index contributed by atoms with van der Waals surface area (Å²) in [5.74, 6) is -0.190. The van der Waals surface area contributed by atoms with E-state index >= 15 is 0 Å². The van der Waals surface area contributed by atoms with Gasteiger partial charge >= 0.3 is 0 Å². The van der Waals surface area contributed by atoms with Gasteiger partial charge in [-0.3, -0.25) is 0 Å². The maximum Gasteiger partial charge on any atom is 0.126 e. The van der Waals surface area contributed by atoms with E-state index < -0.39 is 0 Å². The lowest BCUT2D eigenvalue weighted by molar-refractivity contribution is 0.610. The molecule has 4 heteroatoms. The highest BCUT2D eigenvalue weighted by atomic mass is 79.9. The van der Waals surface area contributed by atoms with Crippen molar-refractivity contribution in [3.8, 4) is 0 Å². The van der Waals surface area contributed by atoms with Gasteiger partial charge in [-0.15, -0.1) is 11.3 Å². The maximum absolute atomic E-state index is 13.4. The molecule has 0 aliphatic heterocycles. The molecule has 1 unspecified atom stereocenters. The summed E-state index contributed by atoms with van der Waals surface area (Å²) in [5.41, 5.74) is 7.58. The smallest absolute Gasteiger partial charge is 0.126 e. The Bertz CT molecular complexity index is 524. The molecule has 0 bridgehead atoms. The molecule has 0 saturated heterocycles. The summed E-state index contributed by atoms with van der Waals surface area (Å²) in [7, 11) is 0. The molecule has 1 nitrogen and oxygen atoms in total. The fourth-order valence-corrected chi connectivity index (χ4v) is 3.18. The second kappa shape index (κ2) is 5.29. The van der Waals surface area contributed by atoms with Crippen molar-refractivity contribution >= 4 is 27.3 Å². The number of aryl methyl sites for hydroxylation is 1. The second-order valence-electron chi connectivity index (χ2n) is 4.03. The normalized spacial score (nSPS) is 12.7. The molecule has 2 N–H and O–H groups in total. The summed E-state index contributed by atoms with van der Waals surface area (Å²) in [4.78, 5) is 1.20. The third-order valence-electron chi connectivity index (χ3n) is 2.67. The van der Waals surface area contributed by atoms with E-state index in [2.05, 4.69) is 15.9 Å². The molecule has 0 radical (unpaired) electrons. The molecule has 1 atom stereocenters. The van der Waals surface area contributed by atoms with Crippen molar-refractivity contribution in [1.82, 2.24) is 0 Å². The molecule has 1 heterocycles. The van der Waals surface area contributed by atoms with Crippen LogP contribution in [0.1, 0.15) is 22.0 Å². The van der Waals surface area contributed by atoms with Gasteiger partial charge in [-0.1, -0.05) is 12.1 Å². The van der Waals surface area contributed by atoms with Crippen molar-refractivity contribution in [2.24, 2.45) is 5.73 Å². The fraction of sp³-hybridized carbons (Fsp3) is 0.231. The van der Waals surface area contributed by atoms with Gasteiger partial charge in [0.15, 0.2) is 0 Å². The van der Waals surface area contributed by atoms with Gasteiger partial charge in [0.2, 0.25) is 0 Å². The van der Waals surface area contributed by atoms with Crippen LogP contribution in [-0.2, 0) is 6.42 Å². The molecule has 0 fully saturated rings. The zero-order valence-electron chi connectivity index (χ0n) is 9.41. The SMILES string of the molecule is Cc1ccc(C(N)Cc2ccc(Br)s2)cc1F. The summed E-state index contributed by atoms with van der Waals surface area (Å²) in [5, 5.41) is 0. The molecule has 1 aromatic heterocycles. The first-order valence-corrected chi connectivity index (χ1v) is 6.93. The van der Waals surface area contributed by atoms with Gasteiger partial charge in [-0.2, -0.15) is 0 Å².